The van der Waals surface area contributed by atoms with Crippen molar-refractivity contribution >= 4 is 22.8 Å². The van der Waals surface area contributed by atoms with Crippen LogP contribution in [0.3, 0.4) is 0 Å². The second-order valence-corrected chi connectivity index (χ2v) is 6.80. The highest BCUT2D eigenvalue weighted by Crippen LogP contribution is 2.24. The minimum atomic E-state index is -1.07. The molecule has 0 fully saturated rings. The number of fused-ring (bicyclic) bond motifs is 1. The fourth-order valence-corrected chi connectivity index (χ4v) is 2.95. The van der Waals surface area contributed by atoms with Gasteiger partial charge in [0.15, 0.2) is 6.10 Å². The molecule has 0 aliphatic carbocycles. The van der Waals surface area contributed by atoms with Gasteiger partial charge in [-0.2, -0.15) is 0 Å². The van der Waals surface area contributed by atoms with Crippen molar-refractivity contribution in [3.63, 3.8) is 0 Å². The van der Waals surface area contributed by atoms with E-state index in [0.29, 0.717) is 24.2 Å². The predicted octanol–water partition coefficient (Wildman–Crippen LogP) is 3.27. The molecule has 2 rings (SSSR count). The van der Waals surface area contributed by atoms with E-state index >= 15 is 0 Å². The number of hydrogen-bond donors (Lipinski definition) is 2. The van der Waals surface area contributed by atoms with Crippen molar-refractivity contribution in [2.24, 2.45) is 0 Å². The molecule has 7 nitrogen and oxygen atoms in total. The highest BCUT2D eigenvalue weighted by atomic mass is 16.5. The molecule has 0 aliphatic rings. The zero-order valence-electron chi connectivity index (χ0n) is 16.5. The number of benzene rings is 1. The van der Waals surface area contributed by atoms with Crippen LogP contribution in [0, 0.1) is 0 Å². The zero-order chi connectivity index (χ0) is 20.7. The first kappa shape index (κ1) is 21.5. The number of carboxylic acids is 1. The normalized spacial score (nSPS) is 13.1. The summed E-state index contributed by atoms with van der Waals surface area (Å²) in [7, 11) is 0. The summed E-state index contributed by atoms with van der Waals surface area (Å²) in [6.07, 6.45) is 2.85. The van der Waals surface area contributed by atoms with Crippen LogP contribution in [0.2, 0.25) is 0 Å². The molecule has 28 heavy (non-hydrogen) atoms. The number of aliphatic carboxylic acids is 1. The third-order valence-electron chi connectivity index (χ3n) is 4.48. The van der Waals surface area contributed by atoms with Crippen LogP contribution in [0.5, 0.6) is 5.75 Å². The van der Waals surface area contributed by atoms with Gasteiger partial charge in [0, 0.05) is 17.5 Å². The van der Waals surface area contributed by atoms with Crippen LogP contribution >= 0.6 is 0 Å². The molecule has 7 heteroatoms. The molecule has 152 valence electrons. The van der Waals surface area contributed by atoms with Crippen molar-refractivity contribution in [1.29, 1.82) is 0 Å². The Hall–Kier alpha value is -2.83. The van der Waals surface area contributed by atoms with Gasteiger partial charge in [0.25, 0.3) is 5.91 Å². The van der Waals surface area contributed by atoms with Gasteiger partial charge in [0.2, 0.25) is 0 Å². The highest BCUT2D eigenvalue weighted by Gasteiger charge is 2.23. The summed E-state index contributed by atoms with van der Waals surface area (Å²) in [5.74, 6) is -1.22. The Bertz CT molecular complexity index is 888. The van der Waals surface area contributed by atoms with Gasteiger partial charge in [-0.15, -0.1) is 0 Å². The second kappa shape index (κ2) is 9.92. The van der Waals surface area contributed by atoms with E-state index in [1.807, 2.05) is 6.92 Å². The number of carbonyl (C=O) groups excluding carboxylic acids is 1. The van der Waals surface area contributed by atoms with Crippen molar-refractivity contribution in [2.45, 2.75) is 65.0 Å². The first-order valence-electron chi connectivity index (χ1n) is 9.62. The first-order chi connectivity index (χ1) is 13.3. The highest BCUT2D eigenvalue weighted by molar-refractivity contribution is 5.86. The van der Waals surface area contributed by atoms with E-state index in [2.05, 4.69) is 12.2 Å². The maximum Gasteiger partial charge on any atom is 0.336 e. The molecule has 0 saturated carbocycles. The van der Waals surface area contributed by atoms with Gasteiger partial charge in [-0.05, 0) is 43.9 Å². The van der Waals surface area contributed by atoms with Gasteiger partial charge in [0.1, 0.15) is 17.4 Å². The number of hydrogen-bond acceptors (Lipinski definition) is 5. The fraction of sp³-hybridized carbons (Fsp3) is 0.476. The molecular formula is C21H27NO6. The zero-order valence-corrected chi connectivity index (χ0v) is 16.5. The van der Waals surface area contributed by atoms with Crippen molar-refractivity contribution < 1.29 is 23.8 Å². The molecule has 0 spiro atoms. The lowest BCUT2D eigenvalue weighted by Crippen LogP contribution is -2.46. The molecule has 1 aromatic carbocycles. The summed E-state index contributed by atoms with van der Waals surface area (Å²) in [6.45, 7) is 5.47. The number of unbranched alkanes of at least 4 members (excludes halogenated alkanes) is 1. The Morgan fingerprint density at radius 1 is 1.21 bits per heavy atom. The van der Waals surface area contributed by atoms with Crippen LogP contribution in [-0.4, -0.2) is 29.1 Å². The van der Waals surface area contributed by atoms with E-state index in [-0.39, 0.29) is 0 Å². The number of carbonyl (C=O) groups is 2. The summed E-state index contributed by atoms with van der Waals surface area (Å²) in [5, 5.41) is 12.5. The number of amides is 1. The van der Waals surface area contributed by atoms with Gasteiger partial charge in [-0.25, -0.2) is 9.59 Å². The molecule has 2 aromatic rings. The minimum absolute atomic E-state index is 0.343. The molecule has 0 radical (unpaired) electrons. The summed E-state index contributed by atoms with van der Waals surface area (Å²) in [5.41, 5.74) is 0.901. The molecule has 1 amide bonds. The van der Waals surface area contributed by atoms with Crippen molar-refractivity contribution in [3.05, 3.63) is 40.2 Å². The van der Waals surface area contributed by atoms with Crippen LogP contribution in [0.1, 0.15) is 52.0 Å². The molecular weight excluding hydrogens is 362 g/mol. The molecule has 1 aromatic heterocycles. The molecule has 0 bridgehead atoms. The average molecular weight is 389 g/mol. The Morgan fingerprint density at radius 3 is 2.61 bits per heavy atom. The van der Waals surface area contributed by atoms with E-state index in [1.54, 1.807) is 18.2 Å². The summed E-state index contributed by atoms with van der Waals surface area (Å²) in [6, 6.07) is 5.66. The largest absolute Gasteiger partial charge is 0.481 e. The predicted molar refractivity (Wildman–Crippen MR) is 106 cm³/mol. The molecule has 1 heterocycles. The summed E-state index contributed by atoms with van der Waals surface area (Å²) < 4.78 is 10.9. The van der Waals surface area contributed by atoms with Gasteiger partial charge >= 0.3 is 11.6 Å². The molecule has 0 saturated heterocycles. The number of rotatable bonds is 10. The Balaban J connectivity index is 2.16. The van der Waals surface area contributed by atoms with E-state index in [9.17, 15) is 14.4 Å². The molecule has 0 unspecified atom stereocenters. The van der Waals surface area contributed by atoms with Gasteiger partial charge in [-0.3, -0.25) is 4.79 Å². The number of carboxylic acid groups (broad SMARTS) is 1. The van der Waals surface area contributed by atoms with Crippen LogP contribution in [0.4, 0.5) is 0 Å². The van der Waals surface area contributed by atoms with Crippen LogP contribution in [0.25, 0.3) is 11.0 Å². The molecule has 0 aliphatic heterocycles. The first-order valence-corrected chi connectivity index (χ1v) is 9.62. The van der Waals surface area contributed by atoms with E-state index in [0.717, 1.165) is 30.2 Å². The maximum atomic E-state index is 12.3. The lowest BCUT2D eigenvalue weighted by atomic mass is 10.0. The number of ether oxygens (including phenoxy) is 1. The van der Waals surface area contributed by atoms with Gasteiger partial charge < -0.3 is 19.6 Å². The van der Waals surface area contributed by atoms with Gasteiger partial charge in [-0.1, -0.05) is 26.7 Å². The topological polar surface area (TPSA) is 106 Å². The van der Waals surface area contributed by atoms with E-state index in [1.165, 1.54) is 13.0 Å². The standard InChI is InChI=1S/C21H27NO6/c1-4-6-8-14-11-19(23)28-18-12-15(9-10-16(14)18)27-13(3)20(24)22-17(7-5-2)21(25)26/h9-13,17H,4-8H2,1-3H3,(H,22,24)(H,25,26)/t13-,17-/m1/s1. The van der Waals surface area contributed by atoms with E-state index in [4.69, 9.17) is 14.3 Å². The lowest BCUT2D eigenvalue weighted by Gasteiger charge is -2.18. The van der Waals surface area contributed by atoms with E-state index < -0.39 is 29.6 Å². The third kappa shape index (κ3) is 5.58. The third-order valence-corrected chi connectivity index (χ3v) is 4.48. The fourth-order valence-electron chi connectivity index (χ4n) is 2.95. The summed E-state index contributed by atoms with van der Waals surface area (Å²) in [4.78, 5) is 35.3. The smallest absolute Gasteiger partial charge is 0.336 e. The average Bonchev–Trinajstić information content (AvgIpc) is 2.65. The Labute approximate surface area is 163 Å². The van der Waals surface area contributed by atoms with Crippen LogP contribution in [-0.2, 0) is 16.0 Å². The minimum Gasteiger partial charge on any atom is -0.481 e. The van der Waals surface area contributed by atoms with Crippen LogP contribution < -0.4 is 15.7 Å². The summed E-state index contributed by atoms with van der Waals surface area (Å²) >= 11 is 0. The van der Waals surface area contributed by atoms with Crippen molar-refractivity contribution in [3.8, 4) is 5.75 Å². The molecule has 2 atom stereocenters. The van der Waals surface area contributed by atoms with Crippen LogP contribution in [0.15, 0.2) is 33.5 Å². The maximum absolute atomic E-state index is 12.3. The monoisotopic (exact) mass is 389 g/mol. The van der Waals surface area contributed by atoms with Crippen molar-refractivity contribution in [1.82, 2.24) is 5.32 Å². The van der Waals surface area contributed by atoms with Crippen molar-refractivity contribution in [2.75, 3.05) is 0 Å². The Morgan fingerprint density at radius 2 is 1.96 bits per heavy atom. The second-order valence-electron chi connectivity index (χ2n) is 6.80. The lowest BCUT2D eigenvalue weighted by molar-refractivity contribution is -0.143. The van der Waals surface area contributed by atoms with Gasteiger partial charge in [0.05, 0.1) is 0 Å². The Kier molecular flexibility index (Phi) is 7.61. The number of nitrogens with one attached hydrogen (secondary N) is 1. The number of aryl methyl sites for hydroxylation is 1. The SMILES string of the molecule is CCCCc1cc(=O)oc2cc(O[C@H](C)C(=O)N[C@H](CCC)C(=O)O)ccc12. The quantitative estimate of drug-likeness (QED) is 0.604. The molecule has 2 N–H and O–H groups in total.